The van der Waals surface area contributed by atoms with Gasteiger partial charge in [0, 0.05) is 18.9 Å². The van der Waals surface area contributed by atoms with E-state index in [9.17, 15) is 9.59 Å². The molecular formula is C23H27N5O2. The molecule has 0 spiro atoms. The van der Waals surface area contributed by atoms with Crippen molar-refractivity contribution >= 4 is 17.6 Å². The number of aryl methyl sites for hydroxylation is 1. The number of imidazole rings is 1. The average molecular weight is 406 g/mol. The number of rotatable bonds is 6. The van der Waals surface area contributed by atoms with Crippen LogP contribution in [-0.2, 0) is 17.9 Å². The lowest BCUT2D eigenvalue weighted by Gasteiger charge is -2.29. The van der Waals surface area contributed by atoms with Crippen molar-refractivity contribution in [3.05, 3.63) is 71.7 Å². The number of amides is 3. The van der Waals surface area contributed by atoms with Crippen LogP contribution in [-0.4, -0.2) is 26.9 Å². The molecule has 7 nitrogen and oxygen atoms in total. The molecule has 3 aromatic rings. The molecule has 30 heavy (non-hydrogen) atoms. The number of carbonyl (C=O) groups excluding carboxylic acids is 2. The van der Waals surface area contributed by atoms with Gasteiger partial charge in [0.05, 0.1) is 12.2 Å². The number of benzene rings is 1. The first-order valence-electron chi connectivity index (χ1n) is 10.4. The van der Waals surface area contributed by atoms with Gasteiger partial charge in [0.15, 0.2) is 0 Å². The Labute approximate surface area is 175 Å². The third-order valence-electron chi connectivity index (χ3n) is 5.64. The normalized spacial score (nSPS) is 15.1. The van der Waals surface area contributed by atoms with E-state index in [0.717, 1.165) is 35.3 Å². The molecule has 1 aromatic carbocycles. The van der Waals surface area contributed by atoms with Crippen molar-refractivity contribution in [3.63, 3.8) is 0 Å². The van der Waals surface area contributed by atoms with Crippen LogP contribution in [0.2, 0.25) is 0 Å². The van der Waals surface area contributed by atoms with Crippen LogP contribution in [0.1, 0.15) is 42.5 Å². The molecule has 7 heteroatoms. The average Bonchev–Trinajstić information content (AvgIpc) is 3.38. The van der Waals surface area contributed by atoms with Gasteiger partial charge in [-0.1, -0.05) is 43.2 Å². The Balaban J connectivity index is 1.37. The van der Waals surface area contributed by atoms with Gasteiger partial charge in [-0.3, -0.25) is 4.79 Å². The second-order valence-corrected chi connectivity index (χ2v) is 7.97. The maximum Gasteiger partial charge on any atom is 0.315 e. The maximum atomic E-state index is 13.0. The molecule has 1 saturated carbocycles. The minimum Gasteiger partial charge on any atom is -0.348 e. The summed E-state index contributed by atoms with van der Waals surface area (Å²) in [5.41, 5.74) is 2.93. The van der Waals surface area contributed by atoms with Gasteiger partial charge in [0.2, 0.25) is 5.91 Å². The SMILES string of the molecule is Cc1ccn2cc(CNC(=O)C3(NC(=O)NCc4ccccc4)CCCC3)nc2c1. The van der Waals surface area contributed by atoms with Crippen molar-refractivity contribution in [2.24, 2.45) is 0 Å². The van der Waals surface area contributed by atoms with Crippen LogP contribution in [0, 0.1) is 6.92 Å². The van der Waals surface area contributed by atoms with Gasteiger partial charge < -0.3 is 20.4 Å². The number of urea groups is 1. The topological polar surface area (TPSA) is 87.5 Å². The van der Waals surface area contributed by atoms with E-state index in [-0.39, 0.29) is 11.9 Å². The highest BCUT2D eigenvalue weighted by molar-refractivity contribution is 5.91. The molecule has 0 aliphatic heterocycles. The quantitative estimate of drug-likeness (QED) is 0.589. The molecule has 0 radical (unpaired) electrons. The lowest BCUT2D eigenvalue weighted by Crippen LogP contribution is -2.59. The van der Waals surface area contributed by atoms with E-state index in [1.54, 1.807) is 0 Å². The molecule has 3 amide bonds. The van der Waals surface area contributed by atoms with E-state index < -0.39 is 5.54 Å². The molecule has 3 N–H and O–H groups in total. The fourth-order valence-corrected chi connectivity index (χ4v) is 3.99. The fraction of sp³-hybridized carbons (Fsp3) is 0.348. The van der Waals surface area contributed by atoms with Crippen molar-refractivity contribution in [3.8, 4) is 0 Å². The Morgan fingerprint density at radius 1 is 1.07 bits per heavy atom. The summed E-state index contributed by atoms with van der Waals surface area (Å²) in [5.74, 6) is -0.150. The van der Waals surface area contributed by atoms with Gasteiger partial charge in [-0.25, -0.2) is 9.78 Å². The molecule has 4 rings (SSSR count). The molecule has 1 aliphatic rings. The Bertz CT molecular complexity index is 1040. The van der Waals surface area contributed by atoms with Gasteiger partial charge in [-0.05, 0) is 43.0 Å². The summed E-state index contributed by atoms with van der Waals surface area (Å²) >= 11 is 0. The van der Waals surface area contributed by atoms with Crippen molar-refractivity contribution in [2.45, 2.75) is 51.2 Å². The Morgan fingerprint density at radius 2 is 1.83 bits per heavy atom. The second kappa shape index (κ2) is 8.57. The molecule has 0 bridgehead atoms. The third-order valence-corrected chi connectivity index (χ3v) is 5.64. The number of pyridine rings is 1. The number of fused-ring (bicyclic) bond motifs is 1. The van der Waals surface area contributed by atoms with Crippen molar-refractivity contribution in [2.75, 3.05) is 0 Å². The number of nitrogens with zero attached hydrogens (tertiary/aromatic N) is 2. The maximum absolute atomic E-state index is 13.0. The number of aromatic nitrogens is 2. The highest BCUT2D eigenvalue weighted by atomic mass is 16.2. The van der Waals surface area contributed by atoms with E-state index in [1.807, 2.05) is 66.2 Å². The smallest absolute Gasteiger partial charge is 0.315 e. The molecule has 0 atom stereocenters. The number of nitrogens with one attached hydrogen (secondary N) is 3. The molecule has 156 valence electrons. The molecule has 0 saturated heterocycles. The monoisotopic (exact) mass is 405 g/mol. The standard InChI is InChI=1S/C23H27N5O2/c1-17-9-12-28-16-19(26-20(28)13-17)15-24-21(29)23(10-5-6-11-23)27-22(30)25-14-18-7-3-2-4-8-18/h2-4,7-9,12-13,16H,5-6,10-11,14-15H2,1H3,(H,24,29)(H2,25,27,30). The Kier molecular flexibility index (Phi) is 5.70. The summed E-state index contributed by atoms with van der Waals surface area (Å²) in [7, 11) is 0. The van der Waals surface area contributed by atoms with Crippen LogP contribution in [0.4, 0.5) is 4.79 Å². The van der Waals surface area contributed by atoms with Crippen molar-refractivity contribution in [1.29, 1.82) is 0 Å². The summed E-state index contributed by atoms with van der Waals surface area (Å²) in [6, 6.07) is 13.4. The molecule has 2 aromatic heterocycles. The van der Waals surface area contributed by atoms with Crippen LogP contribution in [0.15, 0.2) is 54.9 Å². The number of hydrogen-bond acceptors (Lipinski definition) is 3. The van der Waals surface area contributed by atoms with Crippen LogP contribution in [0.5, 0.6) is 0 Å². The second-order valence-electron chi connectivity index (χ2n) is 7.97. The largest absolute Gasteiger partial charge is 0.348 e. The van der Waals surface area contributed by atoms with Crippen molar-refractivity contribution in [1.82, 2.24) is 25.3 Å². The summed E-state index contributed by atoms with van der Waals surface area (Å²) < 4.78 is 1.94. The molecule has 1 fully saturated rings. The van der Waals surface area contributed by atoms with Crippen LogP contribution >= 0.6 is 0 Å². The summed E-state index contributed by atoms with van der Waals surface area (Å²) in [6.07, 6.45) is 6.99. The molecule has 0 unspecified atom stereocenters. The molecular weight excluding hydrogens is 378 g/mol. The summed E-state index contributed by atoms with van der Waals surface area (Å²) in [5, 5.41) is 8.78. The highest BCUT2D eigenvalue weighted by Gasteiger charge is 2.42. The van der Waals surface area contributed by atoms with E-state index >= 15 is 0 Å². The van der Waals surface area contributed by atoms with Gasteiger partial charge >= 0.3 is 6.03 Å². The van der Waals surface area contributed by atoms with Crippen LogP contribution in [0.25, 0.3) is 5.65 Å². The Hall–Kier alpha value is -3.35. The molecule has 1 aliphatic carbocycles. The van der Waals surface area contributed by atoms with Crippen LogP contribution < -0.4 is 16.0 Å². The van der Waals surface area contributed by atoms with E-state index in [0.29, 0.717) is 25.9 Å². The highest BCUT2D eigenvalue weighted by Crippen LogP contribution is 2.30. The fourth-order valence-electron chi connectivity index (χ4n) is 3.99. The Morgan fingerprint density at radius 3 is 2.60 bits per heavy atom. The predicted octanol–water partition coefficient (Wildman–Crippen LogP) is 3.07. The zero-order valence-electron chi connectivity index (χ0n) is 17.1. The van der Waals surface area contributed by atoms with Crippen LogP contribution in [0.3, 0.4) is 0 Å². The zero-order chi connectivity index (χ0) is 21.0. The lowest BCUT2D eigenvalue weighted by atomic mass is 9.96. The summed E-state index contributed by atoms with van der Waals surface area (Å²) in [4.78, 5) is 30.1. The summed E-state index contributed by atoms with van der Waals surface area (Å²) in [6.45, 7) is 2.77. The minimum atomic E-state index is -0.865. The van der Waals surface area contributed by atoms with E-state index in [4.69, 9.17) is 0 Å². The first kappa shape index (κ1) is 19.9. The van der Waals surface area contributed by atoms with Gasteiger partial charge in [0.1, 0.15) is 11.2 Å². The first-order chi connectivity index (χ1) is 14.5. The first-order valence-corrected chi connectivity index (χ1v) is 10.4. The van der Waals surface area contributed by atoms with Gasteiger partial charge in [-0.15, -0.1) is 0 Å². The van der Waals surface area contributed by atoms with Gasteiger partial charge in [0.25, 0.3) is 0 Å². The zero-order valence-corrected chi connectivity index (χ0v) is 17.1. The molecule has 2 heterocycles. The van der Waals surface area contributed by atoms with Crippen molar-refractivity contribution < 1.29 is 9.59 Å². The predicted molar refractivity (Wildman–Crippen MR) is 115 cm³/mol. The van der Waals surface area contributed by atoms with E-state index in [2.05, 4.69) is 20.9 Å². The number of carbonyl (C=O) groups is 2. The van der Waals surface area contributed by atoms with E-state index in [1.165, 1.54) is 0 Å². The third kappa shape index (κ3) is 4.45. The number of hydrogen-bond donors (Lipinski definition) is 3. The lowest BCUT2D eigenvalue weighted by molar-refractivity contribution is -0.127. The van der Waals surface area contributed by atoms with Gasteiger partial charge in [-0.2, -0.15) is 0 Å². The minimum absolute atomic E-state index is 0.150.